The van der Waals surface area contributed by atoms with E-state index in [2.05, 4.69) is 15.2 Å². The second-order valence-electron chi connectivity index (χ2n) is 7.07. The second kappa shape index (κ2) is 8.78. The molecule has 0 atom stereocenters. The SMILES string of the molecule is O=C(NCc1ccc(Cl)cc1)c1ccc2ncc(CN3CCOCC3)cc2c1O. The van der Waals surface area contributed by atoms with Gasteiger partial charge in [0.15, 0.2) is 0 Å². The minimum absolute atomic E-state index is 0.0487. The number of fused-ring (bicyclic) bond motifs is 1. The van der Waals surface area contributed by atoms with Crippen LogP contribution in [0.4, 0.5) is 0 Å². The molecule has 0 aliphatic carbocycles. The van der Waals surface area contributed by atoms with E-state index in [9.17, 15) is 9.90 Å². The van der Waals surface area contributed by atoms with E-state index in [1.54, 1.807) is 24.3 Å². The van der Waals surface area contributed by atoms with Gasteiger partial charge in [0.05, 0.1) is 24.3 Å². The Kier molecular flexibility index (Phi) is 5.94. The Morgan fingerprint density at radius 1 is 1.14 bits per heavy atom. The smallest absolute Gasteiger partial charge is 0.255 e. The molecule has 150 valence electrons. The maximum absolute atomic E-state index is 12.6. The van der Waals surface area contributed by atoms with Crippen molar-refractivity contribution in [2.24, 2.45) is 0 Å². The molecule has 3 aromatic rings. The summed E-state index contributed by atoms with van der Waals surface area (Å²) in [5, 5.41) is 14.8. The van der Waals surface area contributed by atoms with Crippen molar-refractivity contribution in [2.75, 3.05) is 26.3 Å². The van der Waals surface area contributed by atoms with E-state index in [0.29, 0.717) is 22.5 Å². The summed E-state index contributed by atoms with van der Waals surface area (Å²) in [4.78, 5) is 19.3. The number of hydrogen-bond acceptors (Lipinski definition) is 5. The molecule has 2 aromatic carbocycles. The third kappa shape index (κ3) is 4.67. The molecule has 0 bridgehead atoms. The van der Waals surface area contributed by atoms with Crippen LogP contribution < -0.4 is 5.32 Å². The van der Waals surface area contributed by atoms with Crippen molar-refractivity contribution in [2.45, 2.75) is 13.1 Å². The molecular weight excluding hydrogens is 390 g/mol. The van der Waals surface area contributed by atoms with Crippen LogP contribution in [-0.4, -0.2) is 47.2 Å². The molecule has 1 aliphatic rings. The molecule has 0 radical (unpaired) electrons. The summed E-state index contributed by atoms with van der Waals surface area (Å²) in [5.74, 6) is -0.384. The van der Waals surface area contributed by atoms with Crippen LogP contribution in [0, 0.1) is 0 Å². The normalized spacial score (nSPS) is 14.8. The molecular formula is C22H22ClN3O3. The lowest BCUT2D eigenvalue weighted by Crippen LogP contribution is -2.35. The highest BCUT2D eigenvalue weighted by atomic mass is 35.5. The number of rotatable bonds is 5. The molecule has 1 aromatic heterocycles. The first kappa shape index (κ1) is 19.6. The summed E-state index contributed by atoms with van der Waals surface area (Å²) in [7, 11) is 0. The fourth-order valence-corrected chi connectivity index (χ4v) is 3.52. The number of morpholine rings is 1. The van der Waals surface area contributed by atoms with E-state index >= 15 is 0 Å². The lowest BCUT2D eigenvalue weighted by atomic mass is 10.1. The fraction of sp³-hybridized carbons (Fsp3) is 0.273. The molecule has 1 amide bonds. The van der Waals surface area contributed by atoms with Gasteiger partial charge in [0.25, 0.3) is 5.91 Å². The minimum atomic E-state index is -0.335. The predicted molar refractivity (Wildman–Crippen MR) is 112 cm³/mol. The first-order valence-corrected chi connectivity index (χ1v) is 9.91. The summed E-state index contributed by atoms with van der Waals surface area (Å²) in [6.45, 7) is 4.28. The van der Waals surface area contributed by atoms with E-state index < -0.39 is 0 Å². The maximum Gasteiger partial charge on any atom is 0.255 e. The van der Waals surface area contributed by atoms with Crippen LogP contribution in [0.15, 0.2) is 48.7 Å². The Morgan fingerprint density at radius 3 is 2.66 bits per heavy atom. The van der Waals surface area contributed by atoms with Crippen LogP contribution in [0.1, 0.15) is 21.5 Å². The maximum atomic E-state index is 12.6. The average molecular weight is 412 g/mol. The van der Waals surface area contributed by atoms with Gasteiger partial charge in [-0.15, -0.1) is 0 Å². The van der Waals surface area contributed by atoms with Crippen molar-refractivity contribution in [1.29, 1.82) is 0 Å². The molecule has 0 spiro atoms. The zero-order chi connectivity index (χ0) is 20.2. The van der Waals surface area contributed by atoms with Gasteiger partial charge in [-0.1, -0.05) is 23.7 Å². The van der Waals surface area contributed by atoms with Crippen molar-refractivity contribution < 1.29 is 14.6 Å². The Morgan fingerprint density at radius 2 is 1.90 bits per heavy atom. The number of aromatic hydroxyl groups is 1. The average Bonchev–Trinajstić information content (AvgIpc) is 2.74. The Labute approximate surface area is 174 Å². The summed E-state index contributed by atoms with van der Waals surface area (Å²) in [6, 6.07) is 12.5. The number of carbonyl (C=O) groups is 1. The lowest BCUT2D eigenvalue weighted by Gasteiger charge is -2.26. The van der Waals surface area contributed by atoms with Crippen molar-refractivity contribution in [3.63, 3.8) is 0 Å². The van der Waals surface area contributed by atoms with E-state index in [0.717, 1.165) is 44.0 Å². The molecule has 1 aliphatic heterocycles. The number of amides is 1. The van der Waals surface area contributed by atoms with Gasteiger partial charge in [-0.25, -0.2) is 0 Å². The fourth-order valence-electron chi connectivity index (χ4n) is 3.39. The molecule has 2 N–H and O–H groups in total. The van der Waals surface area contributed by atoms with Crippen LogP contribution in [0.3, 0.4) is 0 Å². The number of hydrogen-bond donors (Lipinski definition) is 2. The standard InChI is InChI=1S/C22H22ClN3O3/c23-17-3-1-15(2-4-17)12-25-22(28)18-5-6-20-19(21(18)27)11-16(13-24-20)14-26-7-9-29-10-8-26/h1-6,11,13,27H,7-10,12,14H2,(H,25,28). The van der Waals surface area contributed by atoms with Crippen molar-refractivity contribution >= 4 is 28.4 Å². The van der Waals surface area contributed by atoms with E-state index in [1.807, 2.05) is 24.4 Å². The Balaban J connectivity index is 1.52. The highest BCUT2D eigenvalue weighted by Gasteiger charge is 2.16. The minimum Gasteiger partial charge on any atom is -0.506 e. The third-order valence-electron chi connectivity index (χ3n) is 5.01. The summed E-state index contributed by atoms with van der Waals surface area (Å²) in [6.07, 6.45) is 1.82. The van der Waals surface area contributed by atoms with Gasteiger partial charge >= 0.3 is 0 Å². The Bertz CT molecular complexity index is 1020. The molecule has 0 unspecified atom stereocenters. The summed E-state index contributed by atoms with van der Waals surface area (Å²) >= 11 is 5.89. The van der Waals surface area contributed by atoms with Crippen LogP contribution >= 0.6 is 11.6 Å². The van der Waals surface area contributed by atoms with Crippen molar-refractivity contribution in [1.82, 2.24) is 15.2 Å². The number of nitrogens with zero attached hydrogens (tertiary/aromatic N) is 2. The lowest BCUT2D eigenvalue weighted by molar-refractivity contribution is 0.0341. The van der Waals surface area contributed by atoms with Crippen molar-refractivity contribution in [3.05, 3.63) is 70.4 Å². The molecule has 2 heterocycles. The van der Waals surface area contributed by atoms with Gasteiger partial charge in [-0.2, -0.15) is 0 Å². The number of phenols is 1. The number of halogens is 1. The number of benzene rings is 2. The van der Waals surface area contributed by atoms with Crippen molar-refractivity contribution in [3.8, 4) is 5.75 Å². The van der Waals surface area contributed by atoms with Gasteiger partial charge < -0.3 is 15.2 Å². The van der Waals surface area contributed by atoms with Crippen LogP contribution in [-0.2, 0) is 17.8 Å². The number of nitrogens with one attached hydrogen (secondary N) is 1. The van der Waals surface area contributed by atoms with Gasteiger partial charge in [-0.05, 0) is 41.5 Å². The highest BCUT2D eigenvalue weighted by molar-refractivity contribution is 6.30. The predicted octanol–water partition coefficient (Wildman–Crippen LogP) is 3.36. The van der Waals surface area contributed by atoms with Crippen LogP contribution in [0.5, 0.6) is 5.75 Å². The van der Waals surface area contributed by atoms with E-state index in [4.69, 9.17) is 16.3 Å². The van der Waals surface area contributed by atoms with Crippen LogP contribution in [0.2, 0.25) is 5.02 Å². The monoisotopic (exact) mass is 411 g/mol. The molecule has 6 nitrogen and oxygen atoms in total. The second-order valence-corrected chi connectivity index (χ2v) is 7.51. The largest absolute Gasteiger partial charge is 0.506 e. The number of aromatic nitrogens is 1. The number of phenolic OH excluding ortho intramolecular Hbond substituents is 1. The zero-order valence-electron chi connectivity index (χ0n) is 15.9. The van der Waals surface area contributed by atoms with Gasteiger partial charge in [0, 0.05) is 42.8 Å². The molecule has 7 heteroatoms. The quantitative estimate of drug-likeness (QED) is 0.673. The Hall–Kier alpha value is -2.67. The number of carbonyl (C=O) groups excluding carboxylic acids is 1. The number of ether oxygens (including phenoxy) is 1. The van der Waals surface area contributed by atoms with Gasteiger partial charge in [0.2, 0.25) is 0 Å². The molecule has 1 saturated heterocycles. The van der Waals surface area contributed by atoms with Gasteiger partial charge in [0.1, 0.15) is 5.75 Å². The number of pyridine rings is 1. The molecule has 0 saturated carbocycles. The van der Waals surface area contributed by atoms with Gasteiger partial charge in [-0.3, -0.25) is 14.7 Å². The zero-order valence-corrected chi connectivity index (χ0v) is 16.7. The summed E-state index contributed by atoms with van der Waals surface area (Å²) in [5.41, 5.74) is 2.81. The summed E-state index contributed by atoms with van der Waals surface area (Å²) < 4.78 is 5.38. The first-order chi connectivity index (χ1) is 14.1. The molecule has 1 fully saturated rings. The van der Waals surface area contributed by atoms with E-state index in [1.165, 1.54) is 0 Å². The van der Waals surface area contributed by atoms with Crippen LogP contribution in [0.25, 0.3) is 10.9 Å². The third-order valence-corrected chi connectivity index (χ3v) is 5.27. The molecule has 29 heavy (non-hydrogen) atoms. The topological polar surface area (TPSA) is 74.7 Å². The molecule has 4 rings (SSSR count). The van der Waals surface area contributed by atoms with E-state index in [-0.39, 0.29) is 17.2 Å². The first-order valence-electron chi connectivity index (χ1n) is 9.53. The highest BCUT2D eigenvalue weighted by Crippen LogP contribution is 2.29.